The molecule has 3 aliphatic rings. The summed E-state index contributed by atoms with van der Waals surface area (Å²) in [4.78, 5) is 29.1. The molecule has 3 unspecified atom stereocenters. The van der Waals surface area contributed by atoms with Crippen LogP contribution in [0.25, 0.3) is 0 Å². The second-order valence-electron chi connectivity index (χ2n) is 7.13. The van der Waals surface area contributed by atoms with Gasteiger partial charge < -0.3 is 15.1 Å². The molecule has 1 N–H and O–H groups in total. The molecule has 3 saturated heterocycles. The molecule has 124 valence electrons. The maximum Gasteiger partial charge on any atom is 0.228 e. The maximum atomic E-state index is 12.8. The van der Waals surface area contributed by atoms with Gasteiger partial charge in [-0.25, -0.2) is 0 Å². The summed E-state index contributed by atoms with van der Waals surface area (Å²) >= 11 is 0. The van der Waals surface area contributed by atoms with E-state index in [4.69, 9.17) is 0 Å². The Morgan fingerprint density at radius 2 is 1.91 bits per heavy atom. The first-order valence-electron chi connectivity index (χ1n) is 8.96. The largest absolute Gasteiger partial charge is 0.341 e. The summed E-state index contributed by atoms with van der Waals surface area (Å²) in [6.07, 6.45) is 5.84. The van der Waals surface area contributed by atoms with Crippen LogP contribution in [0.3, 0.4) is 0 Å². The summed E-state index contributed by atoms with van der Waals surface area (Å²) in [6, 6.07) is 1.35. The van der Waals surface area contributed by atoms with Crippen molar-refractivity contribution in [2.75, 3.05) is 19.6 Å². The van der Waals surface area contributed by atoms with Gasteiger partial charge in [-0.1, -0.05) is 13.8 Å². The molecule has 3 fully saturated rings. The van der Waals surface area contributed by atoms with Gasteiger partial charge >= 0.3 is 0 Å². The van der Waals surface area contributed by atoms with E-state index < -0.39 is 0 Å². The summed E-state index contributed by atoms with van der Waals surface area (Å²) in [5, 5.41) is 3.61. The van der Waals surface area contributed by atoms with E-state index in [0.717, 1.165) is 32.4 Å². The van der Waals surface area contributed by atoms with Gasteiger partial charge in [-0.05, 0) is 32.1 Å². The highest BCUT2D eigenvalue weighted by molar-refractivity contribution is 5.89. The van der Waals surface area contributed by atoms with E-state index >= 15 is 0 Å². The molecule has 0 aromatic carbocycles. The van der Waals surface area contributed by atoms with Crippen molar-refractivity contribution in [2.45, 2.75) is 70.5 Å². The molecular formula is C17H29N3O2. The normalized spacial score (nSPS) is 32.0. The molecular weight excluding hydrogens is 278 g/mol. The van der Waals surface area contributed by atoms with Gasteiger partial charge in [-0.15, -0.1) is 0 Å². The summed E-state index contributed by atoms with van der Waals surface area (Å²) < 4.78 is 0. The molecule has 2 amide bonds. The Kier molecular flexibility index (Phi) is 4.71. The van der Waals surface area contributed by atoms with Crippen molar-refractivity contribution < 1.29 is 9.59 Å². The predicted octanol–water partition coefficient (Wildman–Crippen LogP) is 1.38. The standard InChI is InChI=1S/C17H29N3O2/c1-3-15(4-2)20-10-12(9-16(20)21)17(22)19-8-7-13-5-6-14(11-19)18-13/h12-15,18H,3-11H2,1-2H3. The van der Waals surface area contributed by atoms with Gasteiger partial charge in [0.05, 0.1) is 5.92 Å². The van der Waals surface area contributed by atoms with Crippen LogP contribution in [0.5, 0.6) is 0 Å². The van der Waals surface area contributed by atoms with Crippen molar-refractivity contribution in [3.63, 3.8) is 0 Å². The summed E-state index contributed by atoms with van der Waals surface area (Å²) in [7, 11) is 0. The van der Waals surface area contributed by atoms with Crippen LogP contribution < -0.4 is 5.32 Å². The Bertz CT molecular complexity index is 436. The highest BCUT2D eigenvalue weighted by Crippen LogP contribution is 2.27. The molecule has 22 heavy (non-hydrogen) atoms. The van der Waals surface area contributed by atoms with Crippen molar-refractivity contribution in [1.29, 1.82) is 0 Å². The lowest BCUT2D eigenvalue weighted by molar-refractivity contribution is -0.136. The number of nitrogens with zero attached hydrogens (tertiary/aromatic N) is 2. The molecule has 2 bridgehead atoms. The molecule has 3 rings (SSSR count). The number of hydrogen-bond donors (Lipinski definition) is 1. The number of hydrogen-bond acceptors (Lipinski definition) is 3. The predicted molar refractivity (Wildman–Crippen MR) is 85.3 cm³/mol. The molecule has 0 aromatic rings. The highest BCUT2D eigenvalue weighted by Gasteiger charge is 2.40. The van der Waals surface area contributed by atoms with Crippen molar-refractivity contribution in [3.8, 4) is 0 Å². The number of likely N-dealkylation sites (tertiary alicyclic amines) is 2. The van der Waals surface area contributed by atoms with E-state index in [1.54, 1.807) is 0 Å². The van der Waals surface area contributed by atoms with E-state index in [1.165, 1.54) is 12.8 Å². The molecule has 0 aromatic heterocycles. The van der Waals surface area contributed by atoms with Crippen LogP contribution in [0.15, 0.2) is 0 Å². The lowest BCUT2D eigenvalue weighted by Gasteiger charge is -2.28. The third kappa shape index (κ3) is 3.00. The van der Waals surface area contributed by atoms with Crippen LogP contribution in [0.2, 0.25) is 0 Å². The molecule has 0 aliphatic carbocycles. The van der Waals surface area contributed by atoms with Crippen LogP contribution in [-0.4, -0.2) is 59.4 Å². The molecule has 0 spiro atoms. The number of fused-ring (bicyclic) bond motifs is 2. The van der Waals surface area contributed by atoms with E-state index in [2.05, 4.69) is 19.2 Å². The summed E-state index contributed by atoms with van der Waals surface area (Å²) in [6.45, 7) is 6.54. The Labute approximate surface area is 133 Å². The number of amides is 2. The van der Waals surface area contributed by atoms with Gasteiger partial charge in [-0.3, -0.25) is 9.59 Å². The quantitative estimate of drug-likeness (QED) is 0.853. The van der Waals surface area contributed by atoms with Crippen LogP contribution >= 0.6 is 0 Å². The smallest absolute Gasteiger partial charge is 0.228 e. The zero-order chi connectivity index (χ0) is 15.7. The van der Waals surface area contributed by atoms with Crippen molar-refractivity contribution in [1.82, 2.24) is 15.1 Å². The van der Waals surface area contributed by atoms with E-state index in [1.807, 2.05) is 9.80 Å². The van der Waals surface area contributed by atoms with Crippen LogP contribution in [0, 0.1) is 5.92 Å². The minimum atomic E-state index is -0.121. The monoisotopic (exact) mass is 307 g/mol. The topological polar surface area (TPSA) is 52.7 Å². The summed E-state index contributed by atoms with van der Waals surface area (Å²) in [5.41, 5.74) is 0. The van der Waals surface area contributed by atoms with Crippen LogP contribution in [0.1, 0.15) is 52.4 Å². The molecule has 3 heterocycles. The van der Waals surface area contributed by atoms with Gasteiger partial charge in [0, 0.05) is 44.2 Å². The van der Waals surface area contributed by atoms with Gasteiger partial charge in [0.1, 0.15) is 0 Å². The SMILES string of the molecule is CCC(CC)N1CC(C(=O)N2CCC3CCC(C2)N3)CC1=O. The van der Waals surface area contributed by atoms with E-state index in [0.29, 0.717) is 31.1 Å². The molecule has 5 heteroatoms. The maximum absolute atomic E-state index is 12.8. The number of carbonyl (C=O) groups excluding carboxylic acids is 2. The zero-order valence-corrected chi connectivity index (χ0v) is 13.9. The van der Waals surface area contributed by atoms with Gasteiger partial charge in [0.25, 0.3) is 0 Å². The summed E-state index contributed by atoms with van der Waals surface area (Å²) in [5.74, 6) is 0.252. The lowest BCUT2D eigenvalue weighted by Crippen LogP contribution is -2.43. The molecule has 3 aliphatic heterocycles. The first-order valence-corrected chi connectivity index (χ1v) is 8.96. The Morgan fingerprint density at radius 1 is 1.18 bits per heavy atom. The third-order valence-electron chi connectivity index (χ3n) is 5.73. The fraction of sp³-hybridized carbons (Fsp3) is 0.882. The average molecular weight is 307 g/mol. The molecule has 0 radical (unpaired) electrons. The molecule has 5 nitrogen and oxygen atoms in total. The Hall–Kier alpha value is -1.10. The highest BCUT2D eigenvalue weighted by atomic mass is 16.2. The number of rotatable bonds is 4. The zero-order valence-electron chi connectivity index (χ0n) is 13.9. The van der Waals surface area contributed by atoms with Crippen LogP contribution in [-0.2, 0) is 9.59 Å². The van der Waals surface area contributed by atoms with E-state index in [9.17, 15) is 9.59 Å². The minimum Gasteiger partial charge on any atom is -0.341 e. The fourth-order valence-corrected chi connectivity index (χ4v) is 4.38. The lowest BCUT2D eigenvalue weighted by atomic mass is 10.0. The van der Waals surface area contributed by atoms with Gasteiger partial charge in [-0.2, -0.15) is 0 Å². The van der Waals surface area contributed by atoms with Gasteiger partial charge in [0.15, 0.2) is 0 Å². The number of nitrogens with one attached hydrogen (secondary N) is 1. The second kappa shape index (κ2) is 6.57. The van der Waals surface area contributed by atoms with Crippen molar-refractivity contribution in [3.05, 3.63) is 0 Å². The fourth-order valence-electron chi connectivity index (χ4n) is 4.38. The second-order valence-corrected chi connectivity index (χ2v) is 7.13. The van der Waals surface area contributed by atoms with E-state index in [-0.39, 0.29) is 17.7 Å². The third-order valence-corrected chi connectivity index (χ3v) is 5.73. The van der Waals surface area contributed by atoms with Crippen molar-refractivity contribution >= 4 is 11.8 Å². The van der Waals surface area contributed by atoms with Crippen LogP contribution in [0.4, 0.5) is 0 Å². The van der Waals surface area contributed by atoms with Gasteiger partial charge in [0.2, 0.25) is 11.8 Å². The Morgan fingerprint density at radius 3 is 2.64 bits per heavy atom. The molecule has 0 saturated carbocycles. The first-order chi connectivity index (χ1) is 10.6. The molecule has 3 atom stereocenters. The minimum absolute atomic E-state index is 0.121. The first kappa shape index (κ1) is 15.8. The Balaban J connectivity index is 1.62. The number of carbonyl (C=O) groups is 2. The average Bonchev–Trinajstić information content (AvgIpc) is 3.03. The van der Waals surface area contributed by atoms with Crippen molar-refractivity contribution in [2.24, 2.45) is 5.92 Å².